The van der Waals surface area contributed by atoms with Crippen molar-refractivity contribution in [2.75, 3.05) is 5.75 Å². The molecule has 2 heterocycles. The first-order chi connectivity index (χ1) is 12.0. The van der Waals surface area contributed by atoms with Crippen LogP contribution in [0.25, 0.3) is 0 Å². The zero-order valence-electron chi connectivity index (χ0n) is 12.7. The average molecular weight is 393 g/mol. The van der Waals surface area contributed by atoms with Gasteiger partial charge in [-0.2, -0.15) is 0 Å². The highest BCUT2D eigenvalue weighted by atomic mass is 32.2. The monoisotopic (exact) mass is 393 g/mol. The van der Waals surface area contributed by atoms with Crippen LogP contribution in [0.4, 0.5) is 19.0 Å². The molecule has 26 heavy (non-hydrogen) atoms. The van der Waals surface area contributed by atoms with Crippen molar-refractivity contribution in [3.05, 3.63) is 40.6 Å². The normalized spacial score (nSPS) is 18.8. The van der Waals surface area contributed by atoms with E-state index < -0.39 is 49.7 Å². The van der Waals surface area contributed by atoms with E-state index in [1.54, 1.807) is 0 Å². The number of alkyl halides is 3. The molecule has 1 aromatic heterocycles. The molecule has 0 radical (unpaired) electrons. The van der Waals surface area contributed by atoms with Crippen LogP contribution >= 0.6 is 0 Å². The number of rotatable bonds is 4. The van der Waals surface area contributed by atoms with Gasteiger partial charge in [0.2, 0.25) is 9.84 Å². The van der Waals surface area contributed by atoms with Crippen molar-refractivity contribution in [3.8, 4) is 11.5 Å². The van der Waals surface area contributed by atoms with Crippen LogP contribution in [0.1, 0.15) is 0 Å². The van der Waals surface area contributed by atoms with E-state index in [9.17, 15) is 31.7 Å². The molecule has 0 aliphatic carbocycles. The lowest BCUT2D eigenvalue weighted by atomic mass is 10.3. The van der Waals surface area contributed by atoms with Gasteiger partial charge < -0.3 is 19.6 Å². The van der Waals surface area contributed by atoms with Crippen LogP contribution in [0, 0.1) is 10.1 Å². The summed E-state index contributed by atoms with van der Waals surface area (Å²) in [5.74, 6) is -1.40. The first-order valence-corrected chi connectivity index (χ1v) is 8.65. The molecule has 13 heteroatoms. The van der Waals surface area contributed by atoms with Gasteiger partial charge in [-0.1, -0.05) is 0 Å². The fourth-order valence-electron chi connectivity index (χ4n) is 2.43. The van der Waals surface area contributed by atoms with E-state index >= 15 is 0 Å². The number of fused-ring (bicyclic) bond motifs is 1. The molecule has 0 spiro atoms. The number of imidazole rings is 1. The molecule has 2 aromatic rings. The third-order valence-corrected chi connectivity index (χ3v) is 5.05. The van der Waals surface area contributed by atoms with Gasteiger partial charge >= 0.3 is 17.3 Å². The summed E-state index contributed by atoms with van der Waals surface area (Å²) in [6.07, 6.45) is -4.73. The second kappa shape index (κ2) is 6.16. The summed E-state index contributed by atoms with van der Waals surface area (Å²) in [5, 5.41) is 10.3. The molecule has 1 atom stereocenters. The lowest BCUT2D eigenvalue weighted by Crippen LogP contribution is -2.37. The summed E-state index contributed by atoms with van der Waals surface area (Å²) in [6.45, 7) is -0.0177. The number of nitrogens with zero attached hydrogens (tertiary/aromatic N) is 3. The molecule has 0 amide bonds. The lowest BCUT2D eigenvalue weighted by molar-refractivity contribution is -0.389. The number of benzene rings is 1. The number of nitro groups is 1. The van der Waals surface area contributed by atoms with Crippen LogP contribution in [0.15, 0.2) is 35.6 Å². The molecular weight excluding hydrogens is 383 g/mol. The van der Waals surface area contributed by atoms with Gasteiger partial charge in [-0.3, -0.25) is 4.57 Å². The third kappa shape index (κ3) is 3.87. The van der Waals surface area contributed by atoms with Gasteiger partial charge in [-0.05, 0) is 34.2 Å². The molecule has 9 nitrogen and oxygen atoms in total. The standard InChI is InChI=1S/C13H10F3N3O6S/c14-13(15,16)25-9-3-1-8(2-4-9)24-10-5-18-6-11(19(20)21)17-12(18)26(22,23)7-10/h1-4,6,10H,5,7H2. The van der Waals surface area contributed by atoms with Crippen molar-refractivity contribution >= 4 is 15.7 Å². The Morgan fingerprint density at radius 3 is 2.42 bits per heavy atom. The molecule has 0 N–H and O–H groups in total. The Bertz CT molecular complexity index is 939. The molecule has 1 aromatic carbocycles. The first kappa shape index (κ1) is 18.0. The molecule has 1 unspecified atom stereocenters. The molecule has 140 valence electrons. The Balaban J connectivity index is 1.76. The summed E-state index contributed by atoms with van der Waals surface area (Å²) < 4.78 is 71.0. The van der Waals surface area contributed by atoms with Gasteiger partial charge in [0.25, 0.3) is 0 Å². The molecule has 0 saturated carbocycles. The van der Waals surface area contributed by atoms with E-state index in [1.807, 2.05) is 0 Å². The minimum atomic E-state index is -4.83. The van der Waals surface area contributed by atoms with E-state index in [2.05, 4.69) is 9.72 Å². The SMILES string of the molecule is O=[N+]([O-])c1cn2c(n1)S(=O)(=O)CC(Oc1ccc(OC(F)(F)F)cc1)C2. The Morgan fingerprint density at radius 1 is 1.23 bits per heavy atom. The lowest BCUT2D eigenvalue weighted by Gasteiger charge is -2.23. The third-order valence-electron chi connectivity index (χ3n) is 3.36. The Hall–Kier alpha value is -2.83. The first-order valence-electron chi connectivity index (χ1n) is 7.00. The summed E-state index contributed by atoms with van der Waals surface area (Å²) in [7, 11) is -3.91. The van der Waals surface area contributed by atoms with Crippen molar-refractivity contribution in [2.45, 2.75) is 24.2 Å². The van der Waals surface area contributed by atoms with E-state index in [1.165, 1.54) is 12.1 Å². The predicted octanol–water partition coefficient (Wildman–Crippen LogP) is 1.92. The van der Waals surface area contributed by atoms with Gasteiger partial charge in [-0.15, -0.1) is 13.2 Å². The minimum Gasteiger partial charge on any atom is -0.487 e. The second-order valence-electron chi connectivity index (χ2n) is 5.33. The van der Waals surface area contributed by atoms with Crippen LogP contribution in [0.5, 0.6) is 11.5 Å². The van der Waals surface area contributed by atoms with Crippen LogP contribution in [-0.4, -0.2) is 41.1 Å². The van der Waals surface area contributed by atoms with Crippen molar-refractivity contribution in [2.24, 2.45) is 0 Å². The highest BCUT2D eigenvalue weighted by Gasteiger charge is 2.39. The highest BCUT2D eigenvalue weighted by Crippen LogP contribution is 2.27. The van der Waals surface area contributed by atoms with Crippen molar-refractivity contribution < 1.29 is 36.0 Å². The molecule has 0 fully saturated rings. The van der Waals surface area contributed by atoms with Crippen molar-refractivity contribution in [1.82, 2.24) is 9.55 Å². The zero-order chi connectivity index (χ0) is 19.1. The molecule has 1 aliphatic rings. The average Bonchev–Trinajstić information content (AvgIpc) is 2.92. The maximum absolute atomic E-state index is 12.2. The summed E-state index contributed by atoms with van der Waals surface area (Å²) in [5.41, 5.74) is 0. The van der Waals surface area contributed by atoms with Crippen molar-refractivity contribution in [1.29, 1.82) is 0 Å². The minimum absolute atomic E-state index is 0.0177. The smallest absolute Gasteiger partial charge is 0.487 e. The van der Waals surface area contributed by atoms with E-state index in [4.69, 9.17) is 4.74 Å². The molecule has 3 rings (SSSR count). The fraction of sp³-hybridized carbons (Fsp3) is 0.308. The Morgan fingerprint density at radius 2 is 1.85 bits per heavy atom. The number of aromatic nitrogens is 2. The van der Waals surface area contributed by atoms with Crippen molar-refractivity contribution in [3.63, 3.8) is 0 Å². The number of sulfone groups is 1. The summed E-state index contributed by atoms with van der Waals surface area (Å²) >= 11 is 0. The van der Waals surface area contributed by atoms with Crippen LogP contribution in [0.2, 0.25) is 0 Å². The number of halogens is 3. The predicted molar refractivity (Wildman–Crippen MR) is 78.5 cm³/mol. The van der Waals surface area contributed by atoms with Gasteiger partial charge in [0.05, 0.1) is 12.3 Å². The number of ether oxygens (including phenoxy) is 2. The summed E-state index contributed by atoms with van der Waals surface area (Å²) in [4.78, 5) is 13.4. The van der Waals surface area contributed by atoms with Gasteiger partial charge in [0.1, 0.15) is 23.8 Å². The number of hydrogen-bond donors (Lipinski definition) is 0. The van der Waals surface area contributed by atoms with Gasteiger partial charge in [0, 0.05) is 0 Å². The maximum atomic E-state index is 12.2. The fourth-order valence-corrected chi connectivity index (χ4v) is 3.96. The number of hydrogen-bond acceptors (Lipinski definition) is 7. The van der Waals surface area contributed by atoms with Crippen LogP contribution < -0.4 is 9.47 Å². The second-order valence-corrected chi connectivity index (χ2v) is 7.26. The largest absolute Gasteiger partial charge is 0.573 e. The highest BCUT2D eigenvalue weighted by molar-refractivity contribution is 7.91. The summed E-state index contributed by atoms with van der Waals surface area (Å²) in [6, 6.07) is 4.43. The van der Waals surface area contributed by atoms with E-state index in [-0.39, 0.29) is 12.3 Å². The van der Waals surface area contributed by atoms with E-state index in [0.717, 1.165) is 22.9 Å². The maximum Gasteiger partial charge on any atom is 0.573 e. The molecule has 1 aliphatic heterocycles. The molecule has 0 saturated heterocycles. The van der Waals surface area contributed by atoms with Gasteiger partial charge in [-0.25, -0.2) is 8.42 Å². The van der Waals surface area contributed by atoms with Crippen LogP contribution in [-0.2, 0) is 16.4 Å². The van der Waals surface area contributed by atoms with Gasteiger partial charge in [0.15, 0.2) is 0 Å². The molecular formula is C13H10F3N3O6S. The zero-order valence-corrected chi connectivity index (χ0v) is 13.5. The quantitative estimate of drug-likeness (QED) is 0.576. The topological polar surface area (TPSA) is 114 Å². The molecule has 0 bridgehead atoms. The van der Waals surface area contributed by atoms with E-state index in [0.29, 0.717) is 0 Å². The Kier molecular flexibility index (Phi) is 4.26. The Labute approximate surface area is 144 Å². The van der Waals surface area contributed by atoms with Crippen LogP contribution in [0.3, 0.4) is 0 Å².